The van der Waals surface area contributed by atoms with Gasteiger partial charge in [0.15, 0.2) is 5.82 Å². The van der Waals surface area contributed by atoms with Crippen molar-refractivity contribution in [2.75, 3.05) is 38.3 Å². The average Bonchev–Trinajstić information content (AvgIpc) is 3.06. The van der Waals surface area contributed by atoms with Gasteiger partial charge in [-0.15, -0.1) is 6.42 Å². The van der Waals surface area contributed by atoms with Crippen LogP contribution in [0.15, 0.2) is 36.4 Å². The van der Waals surface area contributed by atoms with Crippen LogP contribution in [0.3, 0.4) is 0 Å². The van der Waals surface area contributed by atoms with Crippen LogP contribution in [0.4, 0.5) is 5.69 Å². The summed E-state index contributed by atoms with van der Waals surface area (Å²) in [5, 5.41) is 0.528. The molecule has 132 valence electrons. The molecule has 0 N–H and O–H groups in total. The Morgan fingerprint density at radius 3 is 2.62 bits per heavy atom. The maximum atomic E-state index is 6.29. The van der Waals surface area contributed by atoms with E-state index in [0.29, 0.717) is 16.6 Å². The summed E-state index contributed by atoms with van der Waals surface area (Å²) in [5.74, 6) is 3.84. The smallest absolute Gasteiger partial charge is 0.190 e. The van der Waals surface area contributed by atoms with Crippen LogP contribution < -0.4 is 9.64 Å². The van der Waals surface area contributed by atoms with E-state index in [-0.39, 0.29) is 0 Å². The number of fused-ring (bicyclic) bond motifs is 1. The van der Waals surface area contributed by atoms with Gasteiger partial charge in [-0.25, -0.2) is 4.98 Å². The molecule has 0 bridgehead atoms. The summed E-state index contributed by atoms with van der Waals surface area (Å²) in [6, 6.07) is 11.8. The molecule has 26 heavy (non-hydrogen) atoms. The van der Waals surface area contributed by atoms with Crippen molar-refractivity contribution in [2.24, 2.45) is 0 Å². The molecule has 0 atom stereocenters. The fourth-order valence-corrected chi connectivity index (χ4v) is 3.49. The van der Waals surface area contributed by atoms with E-state index < -0.39 is 0 Å². The molecule has 1 saturated heterocycles. The summed E-state index contributed by atoms with van der Waals surface area (Å²) >= 11 is 6.29. The number of benzene rings is 2. The lowest BCUT2D eigenvalue weighted by molar-refractivity contribution is 0.122. The monoisotopic (exact) mass is 367 g/mol. The van der Waals surface area contributed by atoms with Gasteiger partial charge in [0.05, 0.1) is 42.1 Å². The van der Waals surface area contributed by atoms with E-state index in [0.717, 1.165) is 48.7 Å². The van der Waals surface area contributed by atoms with Crippen molar-refractivity contribution in [3.63, 3.8) is 0 Å². The quantitative estimate of drug-likeness (QED) is 0.664. The van der Waals surface area contributed by atoms with Gasteiger partial charge in [-0.05, 0) is 42.3 Å². The number of halogens is 1. The molecule has 0 aliphatic carbocycles. The zero-order valence-electron chi connectivity index (χ0n) is 14.4. The molecule has 0 saturated carbocycles. The molecule has 0 spiro atoms. The highest BCUT2D eigenvalue weighted by molar-refractivity contribution is 6.32. The Hall–Kier alpha value is -2.68. The Kier molecular flexibility index (Phi) is 4.46. The van der Waals surface area contributed by atoms with E-state index in [4.69, 9.17) is 27.5 Å². The largest absolute Gasteiger partial charge is 0.495 e. The lowest BCUT2D eigenvalue weighted by Gasteiger charge is -2.28. The number of hydrogen-bond acceptors (Lipinski definition) is 4. The first kappa shape index (κ1) is 16.8. The van der Waals surface area contributed by atoms with Gasteiger partial charge in [-0.3, -0.25) is 4.57 Å². The highest BCUT2D eigenvalue weighted by Crippen LogP contribution is 2.30. The second-order valence-electron chi connectivity index (χ2n) is 6.01. The Morgan fingerprint density at radius 1 is 1.15 bits per heavy atom. The van der Waals surface area contributed by atoms with E-state index in [9.17, 15) is 0 Å². The molecule has 3 aromatic rings. The van der Waals surface area contributed by atoms with Gasteiger partial charge in [-0.2, -0.15) is 0 Å². The van der Waals surface area contributed by atoms with Crippen molar-refractivity contribution in [3.05, 3.63) is 47.2 Å². The molecule has 5 nitrogen and oxygen atoms in total. The van der Waals surface area contributed by atoms with Crippen molar-refractivity contribution in [1.82, 2.24) is 9.55 Å². The summed E-state index contributed by atoms with van der Waals surface area (Å²) in [5.41, 5.74) is 3.78. The summed E-state index contributed by atoms with van der Waals surface area (Å²) in [6.07, 6.45) is 5.71. The van der Waals surface area contributed by atoms with Crippen LogP contribution >= 0.6 is 11.6 Å². The lowest BCUT2D eigenvalue weighted by Crippen LogP contribution is -2.36. The predicted molar refractivity (Wildman–Crippen MR) is 104 cm³/mol. The second kappa shape index (κ2) is 6.91. The molecule has 1 fully saturated rings. The molecule has 0 radical (unpaired) electrons. The average molecular weight is 368 g/mol. The van der Waals surface area contributed by atoms with Gasteiger partial charge < -0.3 is 14.4 Å². The minimum atomic E-state index is 0.528. The Morgan fingerprint density at radius 2 is 1.92 bits per heavy atom. The molecule has 2 heterocycles. The molecule has 4 rings (SSSR count). The number of ether oxygens (including phenoxy) is 2. The fourth-order valence-electron chi connectivity index (χ4n) is 3.24. The fraction of sp³-hybridized carbons (Fsp3) is 0.250. The van der Waals surface area contributed by atoms with Crippen LogP contribution in [0.5, 0.6) is 5.75 Å². The SMILES string of the molecule is C#Cc1nc2cc(N3CCOCC3)ccc2n1-c1ccc(OC)c(Cl)c1. The standard InChI is InChI=1S/C20H18ClN3O2/c1-3-20-22-17-13-14(23-8-10-26-11-9-23)4-6-18(17)24(20)15-5-7-19(25-2)16(21)12-15/h1,4-7,12-13H,8-11H2,2H3. The third-order valence-electron chi connectivity index (χ3n) is 4.54. The minimum Gasteiger partial charge on any atom is -0.495 e. The third-order valence-corrected chi connectivity index (χ3v) is 4.83. The first-order chi connectivity index (χ1) is 12.7. The van der Waals surface area contributed by atoms with Gasteiger partial charge in [0.1, 0.15) is 5.75 Å². The van der Waals surface area contributed by atoms with E-state index in [1.807, 2.05) is 28.8 Å². The van der Waals surface area contributed by atoms with Crippen molar-refractivity contribution < 1.29 is 9.47 Å². The van der Waals surface area contributed by atoms with Crippen molar-refractivity contribution in [3.8, 4) is 23.8 Å². The molecule has 0 amide bonds. The number of methoxy groups -OCH3 is 1. The number of rotatable bonds is 3. The highest BCUT2D eigenvalue weighted by atomic mass is 35.5. The maximum absolute atomic E-state index is 6.29. The number of hydrogen-bond donors (Lipinski definition) is 0. The van der Waals surface area contributed by atoms with Gasteiger partial charge in [-0.1, -0.05) is 11.6 Å². The molecule has 0 unspecified atom stereocenters. The third kappa shape index (κ3) is 2.88. The van der Waals surface area contributed by atoms with Crippen LogP contribution in [0.1, 0.15) is 5.82 Å². The number of terminal acetylenes is 1. The van der Waals surface area contributed by atoms with Crippen LogP contribution in [-0.2, 0) is 4.74 Å². The zero-order valence-corrected chi connectivity index (χ0v) is 15.2. The molecular weight excluding hydrogens is 350 g/mol. The first-order valence-corrected chi connectivity index (χ1v) is 8.75. The number of imidazole rings is 1. The summed E-state index contributed by atoms with van der Waals surface area (Å²) in [6.45, 7) is 3.24. The molecule has 1 aliphatic heterocycles. The van der Waals surface area contributed by atoms with Gasteiger partial charge in [0.25, 0.3) is 0 Å². The Labute approximate surface area is 157 Å². The van der Waals surface area contributed by atoms with Crippen LogP contribution in [0.25, 0.3) is 16.7 Å². The lowest BCUT2D eigenvalue weighted by atomic mass is 10.2. The number of morpholine rings is 1. The topological polar surface area (TPSA) is 39.5 Å². The van der Waals surface area contributed by atoms with Crippen molar-refractivity contribution in [2.45, 2.75) is 0 Å². The summed E-state index contributed by atoms with van der Waals surface area (Å²) in [7, 11) is 1.59. The zero-order chi connectivity index (χ0) is 18.1. The molecular formula is C20H18ClN3O2. The van der Waals surface area contributed by atoms with Crippen molar-refractivity contribution in [1.29, 1.82) is 0 Å². The van der Waals surface area contributed by atoms with E-state index in [1.54, 1.807) is 7.11 Å². The van der Waals surface area contributed by atoms with Gasteiger partial charge >= 0.3 is 0 Å². The van der Waals surface area contributed by atoms with E-state index in [1.165, 1.54) is 0 Å². The van der Waals surface area contributed by atoms with Crippen LogP contribution in [0.2, 0.25) is 5.02 Å². The molecule has 2 aromatic carbocycles. The predicted octanol–water partition coefficient (Wildman–Crippen LogP) is 3.51. The van der Waals surface area contributed by atoms with Gasteiger partial charge in [0.2, 0.25) is 0 Å². The Balaban J connectivity index is 1.82. The first-order valence-electron chi connectivity index (χ1n) is 8.37. The highest BCUT2D eigenvalue weighted by Gasteiger charge is 2.16. The minimum absolute atomic E-state index is 0.528. The summed E-state index contributed by atoms with van der Waals surface area (Å²) < 4.78 is 12.6. The molecule has 1 aliphatic rings. The number of aromatic nitrogens is 2. The number of nitrogens with zero attached hydrogens (tertiary/aromatic N) is 3. The van der Waals surface area contributed by atoms with Gasteiger partial charge in [0, 0.05) is 18.8 Å². The second-order valence-corrected chi connectivity index (χ2v) is 6.41. The molecule has 1 aromatic heterocycles. The normalized spacial score (nSPS) is 14.4. The maximum Gasteiger partial charge on any atom is 0.190 e. The summed E-state index contributed by atoms with van der Waals surface area (Å²) in [4.78, 5) is 6.92. The Bertz CT molecular complexity index is 1000. The number of anilines is 1. The van der Waals surface area contributed by atoms with Crippen LogP contribution in [-0.4, -0.2) is 43.0 Å². The molecule has 6 heteroatoms. The van der Waals surface area contributed by atoms with Crippen LogP contribution in [0, 0.1) is 12.3 Å². The van der Waals surface area contributed by atoms with E-state index in [2.05, 4.69) is 27.9 Å². The van der Waals surface area contributed by atoms with E-state index >= 15 is 0 Å². The van der Waals surface area contributed by atoms with Crippen molar-refractivity contribution >= 4 is 28.3 Å².